The lowest BCUT2D eigenvalue weighted by molar-refractivity contribution is 0.148. The van der Waals surface area contributed by atoms with Crippen molar-refractivity contribution < 1.29 is 18.6 Å². The normalized spacial score (nSPS) is 14.3. The van der Waals surface area contributed by atoms with Gasteiger partial charge in [-0.05, 0) is 48.1 Å². The summed E-state index contributed by atoms with van der Waals surface area (Å²) in [5, 5.41) is 19.9. The van der Waals surface area contributed by atoms with E-state index in [2.05, 4.69) is 4.72 Å². The lowest BCUT2D eigenvalue weighted by Crippen LogP contribution is -2.44. The summed E-state index contributed by atoms with van der Waals surface area (Å²) in [6.07, 6.45) is -0.0620. The van der Waals surface area contributed by atoms with Crippen molar-refractivity contribution in [3.8, 4) is 5.75 Å². The van der Waals surface area contributed by atoms with Crippen LogP contribution in [0.3, 0.4) is 0 Å². The van der Waals surface area contributed by atoms with Crippen molar-refractivity contribution in [1.29, 1.82) is 0 Å². The van der Waals surface area contributed by atoms with Crippen LogP contribution in [-0.2, 0) is 22.9 Å². The molecular formula is C20H28N2O4S. The fourth-order valence-electron chi connectivity index (χ4n) is 2.87. The maximum atomic E-state index is 12.7. The van der Waals surface area contributed by atoms with E-state index in [9.17, 15) is 18.6 Å². The smallest absolute Gasteiger partial charge is 0.240 e. The van der Waals surface area contributed by atoms with Crippen LogP contribution < -0.4 is 10.5 Å². The van der Waals surface area contributed by atoms with Gasteiger partial charge < -0.3 is 15.9 Å². The molecule has 2 rings (SSSR count). The predicted molar refractivity (Wildman–Crippen MR) is 106 cm³/mol. The van der Waals surface area contributed by atoms with Gasteiger partial charge in [0.2, 0.25) is 10.0 Å². The SMILES string of the molecule is CC(C)Cc1cc(O)ccc1S(=O)(=O)NC[C@@H](O)C(N)Cc1ccccc1. The van der Waals surface area contributed by atoms with Gasteiger partial charge in [0.1, 0.15) is 5.75 Å². The number of nitrogens with two attached hydrogens (primary N) is 1. The third-order valence-corrected chi connectivity index (χ3v) is 5.78. The van der Waals surface area contributed by atoms with Gasteiger partial charge >= 0.3 is 0 Å². The minimum Gasteiger partial charge on any atom is -0.508 e. The highest BCUT2D eigenvalue weighted by atomic mass is 32.2. The van der Waals surface area contributed by atoms with Crippen LogP contribution >= 0.6 is 0 Å². The van der Waals surface area contributed by atoms with Crippen LogP contribution in [0.25, 0.3) is 0 Å². The number of hydrogen-bond acceptors (Lipinski definition) is 5. The van der Waals surface area contributed by atoms with E-state index in [1.807, 2.05) is 44.2 Å². The van der Waals surface area contributed by atoms with Crippen LogP contribution in [0.15, 0.2) is 53.4 Å². The first-order valence-electron chi connectivity index (χ1n) is 8.98. The van der Waals surface area contributed by atoms with E-state index in [4.69, 9.17) is 5.73 Å². The van der Waals surface area contributed by atoms with E-state index in [1.165, 1.54) is 18.2 Å². The number of benzene rings is 2. The lowest BCUT2D eigenvalue weighted by atomic mass is 10.0. The number of phenolic OH excluding ortho intramolecular Hbond substituents is 1. The van der Waals surface area contributed by atoms with E-state index < -0.39 is 22.2 Å². The number of aromatic hydroxyl groups is 1. The molecule has 0 aromatic heterocycles. The van der Waals surface area contributed by atoms with E-state index in [1.54, 1.807) is 0 Å². The topological polar surface area (TPSA) is 113 Å². The molecule has 0 fully saturated rings. The third-order valence-electron chi connectivity index (χ3n) is 4.25. The Morgan fingerprint density at radius 2 is 1.74 bits per heavy atom. The number of hydrogen-bond donors (Lipinski definition) is 4. The van der Waals surface area contributed by atoms with Gasteiger partial charge in [0.05, 0.1) is 11.0 Å². The average molecular weight is 393 g/mol. The second-order valence-electron chi connectivity index (χ2n) is 7.16. The number of nitrogens with one attached hydrogen (secondary N) is 1. The molecule has 0 bridgehead atoms. The summed E-state index contributed by atoms with van der Waals surface area (Å²) in [5.41, 5.74) is 7.53. The Morgan fingerprint density at radius 1 is 1.07 bits per heavy atom. The molecule has 0 aliphatic heterocycles. The molecule has 27 heavy (non-hydrogen) atoms. The Morgan fingerprint density at radius 3 is 2.37 bits per heavy atom. The zero-order chi connectivity index (χ0) is 20.0. The molecule has 1 unspecified atom stereocenters. The summed E-state index contributed by atoms with van der Waals surface area (Å²) >= 11 is 0. The molecule has 0 saturated heterocycles. The van der Waals surface area contributed by atoms with Crippen LogP contribution in [0.5, 0.6) is 5.75 Å². The quantitative estimate of drug-likeness (QED) is 0.520. The van der Waals surface area contributed by atoms with Gasteiger partial charge in [-0.3, -0.25) is 0 Å². The van der Waals surface area contributed by atoms with Crippen molar-refractivity contribution in [2.45, 2.75) is 43.7 Å². The van der Waals surface area contributed by atoms with Crippen LogP contribution in [-0.4, -0.2) is 37.3 Å². The number of phenols is 1. The Kier molecular flexibility index (Phi) is 7.38. The zero-order valence-electron chi connectivity index (χ0n) is 15.7. The first-order chi connectivity index (χ1) is 12.7. The highest BCUT2D eigenvalue weighted by molar-refractivity contribution is 7.89. The standard InChI is InChI=1S/C20H28N2O4S/c1-14(2)10-16-12-17(23)8-9-20(16)27(25,26)22-13-19(24)18(21)11-15-6-4-3-5-7-15/h3-9,12,14,18-19,22-24H,10-11,13,21H2,1-2H3/t18?,19-/m1/s1. The van der Waals surface area contributed by atoms with Crippen molar-refractivity contribution >= 4 is 10.0 Å². The second-order valence-corrected chi connectivity index (χ2v) is 8.90. The minimum absolute atomic E-state index is 0.0227. The summed E-state index contributed by atoms with van der Waals surface area (Å²) < 4.78 is 27.8. The van der Waals surface area contributed by atoms with Crippen molar-refractivity contribution in [2.24, 2.45) is 11.7 Å². The Labute approximate surface area is 161 Å². The summed E-state index contributed by atoms with van der Waals surface area (Å²) in [5.74, 6) is 0.250. The zero-order valence-corrected chi connectivity index (χ0v) is 16.5. The lowest BCUT2D eigenvalue weighted by Gasteiger charge is -2.20. The molecule has 0 saturated carbocycles. The predicted octanol–water partition coefficient (Wildman–Crippen LogP) is 1.80. The number of aliphatic hydroxyl groups excluding tert-OH is 1. The molecule has 0 amide bonds. The molecule has 2 aromatic rings. The Hall–Kier alpha value is -1.93. The fourth-order valence-corrected chi connectivity index (χ4v) is 4.15. The van der Waals surface area contributed by atoms with Gasteiger partial charge in [-0.2, -0.15) is 0 Å². The summed E-state index contributed by atoms with van der Waals surface area (Å²) in [4.78, 5) is 0.109. The molecule has 0 heterocycles. The number of sulfonamides is 1. The number of aliphatic hydroxyl groups is 1. The molecule has 0 radical (unpaired) electrons. The van der Waals surface area contributed by atoms with Crippen molar-refractivity contribution in [1.82, 2.24) is 4.72 Å². The summed E-state index contributed by atoms with van der Waals surface area (Å²) in [6.45, 7) is 3.76. The van der Waals surface area contributed by atoms with Gasteiger partial charge in [-0.25, -0.2) is 13.1 Å². The third kappa shape index (κ3) is 6.32. The summed E-state index contributed by atoms with van der Waals surface area (Å²) in [6, 6.07) is 13.1. The van der Waals surface area contributed by atoms with E-state index in [0.717, 1.165) is 5.56 Å². The molecule has 0 aliphatic rings. The van der Waals surface area contributed by atoms with Crippen LogP contribution in [0, 0.1) is 5.92 Å². The molecule has 6 nitrogen and oxygen atoms in total. The molecule has 148 valence electrons. The van der Waals surface area contributed by atoms with Crippen molar-refractivity contribution in [2.75, 3.05) is 6.54 Å². The monoisotopic (exact) mass is 392 g/mol. The fraction of sp³-hybridized carbons (Fsp3) is 0.400. The molecule has 2 aromatic carbocycles. The van der Waals surface area contributed by atoms with Crippen LogP contribution in [0.1, 0.15) is 25.0 Å². The van der Waals surface area contributed by atoms with E-state index in [-0.39, 0.29) is 23.1 Å². The average Bonchev–Trinajstić information content (AvgIpc) is 2.60. The van der Waals surface area contributed by atoms with Gasteiger partial charge in [-0.1, -0.05) is 44.2 Å². The number of rotatable bonds is 9. The largest absolute Gasteiger partial charge is 0.508 e. The molecule has 7 heteroatoms. The van der Waals surface area contributed by atoms with Crippen molar-refractivity contribution in [3.63, 3.8) is 0 Å². The Balaban J connectivity index is 2.06. The Bertz CT molecular complexity index is 838. The van der Waals surface area contributed by atoms with Crippen LogP contribution in [0.4, 0.5) is 0 Å². The highest BCUT2D eigenvalue weighted by Crippen LogP contribution is 2.23. The summed E-state index contributed by atoms with van der Waals surface area (Å²) in [7, 11) is -3.83. The second kappa shape index (κ2) is 9.32. The van der Waals surface area contributed by atoms with Gasteiger partial charge in [-0.15, -0.1) is 0 Å². The van der Waals surface area contributed by atoms with Crippen molar-refractivity contribution in [3.05, 3.63) is 59.7 Å². The molecule has 0 aliphatic carbocycles. The highest BCUT2D eigenvalue weighted by Gasteiger charge is 2.23. The minimum atomic E-state index is -3.83. The van der Waals surface area contributed by atoms with Gasteiger partial charge in [0.25, 0.3) is 0 Å². The van der Waals surface area contributed by atoms with Crippen LogP contribution in [0.2, 0.25) is 0 Å². The molecular weight excluding hydrogens is 364 g/mol. The van der Waals surface area contributed by atoms with Gasteiger partial charge in [0.15, 0.2) is 0 Å². The van der Waals surface area contributed by atoms with E-state index in [0.29, 0.717) is 18.4 Å². The van der Waals surface area contributed by atoms with Gasteiger partial charge in [0, 0.05) is 12.6 Å². The maximum Gasteiger partial charge on any atom is 0.240 e. The first-order valence-corrected chi connectivity index (χ1v) is 10.5. The molecule has 5 N–H and O–H groups in total. The first kappa shape index (κ1) is 21.4. The molecule has 0 spiro atoms. The maximum absolute atomic E-state index is 12.7. The molecule has 2 atom stereocenters. The van der Waals surface area contributed by atoms with E-state index >= 15 is 0 Å².